The molecule has 1 N–H and O–H groups in total. The molecule has 2 aromatic heterocycles. The van der Waals surface area contributed by atoms with Gasteiger partial charge in [-0.25, -0.2) is 0 Å². The molecular weight excluding hydrogens is 288 g/mol. The minimum atomic E-state index is 0.736. The van der Waals surface area contributed by atoms with Gasteiger partial charge in [0.25, 0.3) is 0 Å². The van der Waals surface area contributed by atoms with E-state index in [2.05, 4.69) is 34.0 Å². The Morgan fingerprint density at radius 1 is 1.35 bits per heavy atom. The maximum absolute atomic E-state index is 5.47. The normalized spacial score (nSPS) is 11.1. The van der Waals surface area contributed by atoms with Gasteiger partial charge >= 0.3 is 0 Å². The molecule has 0 aliphatic heterocycles. The summed E-state index contributed by atoms with van der Waals surface area (Å²) in [4.78, 5) is 4.62. The van der Waals surface area contributed by atoms with Crippen molar-refractivity contribution in [2.45, 2.75) is 19.9 Å². The van der Waals surface area contributed by atoms with Crippen LogP contribution in [0.1, 0.15) is 17.4 Å². The Morgan fingerprint density at radius 2 is 2.20 bits per heavy atom. The van der Waals surface area contributed by atoms with Crippen molar-refractivity contribution >= 4 is 34.6 Å². The van der Waals surface area contributed by atoms with Crippen LogP contribution in [0.5, 0.6) is 5.75 Å². The Labute approximate surface area is 126 Å². The number of rotatable bonds is 4. The van der Waals surface area contributed by atoms with Crippen molar-refractivity contribution in [3.63, 3.8) is 0 Å². The highest BCUT2D eigenvalue weighted by Crippen LogP contribution is 2.27. The minimum absolute atomic E-state index is 0.736. The first-order valence-electron chi connectivity index (χ1n) is 6.55. The molecule has 3 aromatic rings. The molecule has 0 saturated carbocycles. The average molecular weight is 304 g/mol. The third-order valence-corrected chi connectivity index (χ3v) is 4.78. The lowest BCUT2D eigenvalue weighted by Crippen LogP contribution is -2.00. The number of aryl methyl sites for hydroxylation is 1. The molecule has 2 heterocycles. The minimum Gasteiger partial charge on any atom is -0.494 e. The van der Waals surface area contributed by atoms with Gasteiger partial charge in [0, 0.05) is 4.88 Å². The summed E-state index contributed by atoms with van der Waals surface area (Å²) in [6.07, 6.45) is 1.05. The molecule has 1 aromatic carbocycles. The lowest BCUT2D eigenvalue weighted by Gasteiger charge is -2.06. The number of imidazole rings is 1. The molecule has 3 rings (SSSR count). The second-order valence-electron chi connectivity index (χ2n) is 4.59. The molecule has 0 spiro atoms. The first-order valence-corrected chi connectivity index (χ1v) is 7.84. The highest BCUT2D eigenvalue weighted by molar-refractivity contribution is 7.71. The third kappa shape index (κ3) is 2.17. The maximum Gasteiger partial charge on any atom is 0.178 e. The van der Waals surface area contributed by atoms with Crippen molar-refractivity contribution in [1.82, 2.24) is 9.55 Å². The van der Waals surface area contributed by atoms with Crippen LogP contribution < -0.4 is 4.74 Å². The van der Waals surface area contributed by atoms with Gasteiger partial charge in [-0.3, -0.25) is 0 Å². The zero-order valence-corrected chi connectivity index (χ0v) is 13.1. The number of thiophene rings is 1. The van der Waals surface area contributed by atoms with E-state index >= 15 is 0 Å². The molecule has 0 radical (unpaired) electrons. The number of hydrogen-bond donors (Lipinski definition) is 1. The third-order valence-electron chi connectivity index (χ3n) is 3.51. The summed E-state index contributed by atoms with van der Waals surface area (Å²) in [7, 11) is 1.68. The number of methoxy groups -OCH3 is 1. The molecule has 0 aliphatic rings. The molecule has 0 unspecified atom stereocenters. The molecule has 0 aliphatic carbocycles. The summed E-state index contributed by atoms with van der Waals surface area (Å²) in [6.45, 7) is 3.00. The van der Waals surface area contributed by atoms with Gasteiger partial charge in [0.1, 0.15) is 11.3 Å². The topological polar surface area (TPSA) is 29.9 Å². The van der Waals surface area contributed by atoms with Crippen molar-refractivity contribution < 1.29 is 4.74 Å². The van der Waals surface area contributed by atoms with Crippen molar-refractivity contribution in [2.75, 3.05) is 7.11 Å². The fourth-order valence-corrected chi connectivity index (χ4v) is 3.67. The number of benzene rings is 1. The zero-order chi connectivity index (χ0) is 14.1. The predicted molar refractivity (Wildman–Crippen MR) is 86.5 cm³/mol. The van der Waals surface area contributed by atoms with E-state index in [1.54, 1.807) is 18.4 Å². The summed E-state index contributed by atoms with van der Waals surface area (Å²) < 4.78 is 8.26. The average Bonchev–Trinajstić information content (AvgIpc) is 3.04. The largest absolute Gasteiger partial charge is 0.494 e. The monoisotopic (exact) mass is 304 g/mol. The molecule has 0 fully saturated rings. The van der Waals surface area contributed by atoms with Crippen LogP contribution in [0.4, 0.5) is 0 Å². The van der Waals surface area contributed by atoms with Crippen LogP contribution in [0.15, 0.2) is 29.6 Å². The Hall–Kier alpha value is -1.59. The van der Waals surface area contributed by atoms with E-state index < -0.39 is 0 Å². The van der Waals surface area contributed by atoms with E-state index in [4.69, 9.17) is 17.0 Å². The van der Waals surface area contributed by atoms with E-state index in [0.717, 1.165) is 34.5 Å². The molecule has 0 bridgehead atoms. The van der Waals surface area contributed by atoms with Gasteiger partial charge in [-0.2, -0.15) is 0 Å². The van der Waals surface area contributed by atoms with Gasteiger partial charge in [-0.1, -0.05) is 13.0 Å². The van der Waals surface area contributed by atoms with Crippen LogP contribution in [-0.4, -0.2) is 16.7 Å². The van der Waals surface area contributed by atoms with Crippen molar-refractivity contribution in [1.29, 1.82) is 0 Å². The Bertz CT molecular complexity index is 798. The van der Waals surface area contributed by atoms with Gasteiger partial charge in [0.15, 0.2) is 4.77 Å². The predicted octanol–water partition coefficient (Wildman–Crippen LogP) is 4.38. The summed E-state index contributed by atoms with van der Waals surface area (Å²) in [5.41, 5.74) is 3.45. The van der Waals surface area contributed by atoms with Crippen LogP contribution >= 0.6 is 23.6 Å². The first-order chi connectivity index (χ1) is 9.74. The van der Waals surface area contributed by atoms with Gasteiger partial charge in [0.2, 0.25) is 0 Å². The fraction of sp³-hybridized carbons (Fsp3) is 0.267. The molecule has 5 heteroatoms. The standard InChI is InChI=1S/C15H16N2OS2/c1-3-10-7-8-20-13(10)9-17-11-5-4-6-12(18-2)14(11)16-15(17)19/h4-8H,3,9H2,1-2H3,(H,16,19). The van der Waals surface area contributed by atoms with Gasteiger partial charge in [0.05, 0.1) is 19.2 Å². The molecule has 3 nitrogen and oxygen atoms in total. The van der Waals surface area contributed by atoms with Gasteiger partial charge < -0.3 is 14.3 Å². The van der Waals surface area contributed by atoms with Crippen LogP contribution in [0.25, 0.3) is 11.0 Å². The number of nitrogens with zero attached hydrogens (tertiary/aromatic N) is 1. The van der Waals surface area contributed by atoms with Crippen molar-refractivity contribution in [3.05, 3.63) is 44.9 Å². The quantitative estimate of drug-likeness (QED) is 0.725. The van der Waals surface area contributed by atoms with E-state index in [0.29, 0.717) is 0 Å². The lowest BCUT2D eigenvalue weighted by molar-refractivity contribution is 0.419. The number of fused-ring (bicyclic) bond motifs is 1. The second-order valence-corrected chi connectivity index (χ2v) is 5.98. The van der Waals surface area contributed by atoms with Crippen LogP contribution in [0, 0.1) is 4.77 Å². The van der Waals surface area contributed by atoms with Gasteiger partial charge in [-0.15, -0.1) is 11.3 Å². The summed E-state index contributed by atoms with van der Waals surface area (Å²) in [5.74, 6) is 0.828. The Morgan fingerprint density at radius 3 is 2.95 bits per heavy atom. The maximum atomic E-state index is 5.47. The number of H-pyrrole nitrogens is 1. The van der Waals surface area contributed by atoms with E-state index in [9.17, 15) is 0 Å². The Balaban J connectivity index is 2.12. The zero-order valence-electron chi connectivity index (χ0n) is 11.5. The number of nitrogens with one attached hydrogen (secondary N) is 1. The number of ether oxygens (including phenoxy) is 1. The summed E-state index contributed by atoms with van der Waals surface area (Å²) in [6, 6.07) is 8.21. The van der Waals surface area contributed by atoms with Crippen LogP contribution in [-0.2, 0) is 13.0 Å². The van der Waals surface area contributed by atoms with Crippen molar-refractivity contribution in [2.24, 2.45) is 0 Å². The van der Waals surface area contributed by atoms with Crippen LogP contribution in [0.3, 0.4) is 0 Å². The fourth-order valence-electron chi connectivity index (χ4n) is 2.45. The number of para-hydroxylation sites is 1. The van der Waals surface area contributed by atoms with Gasteiger partial charge in [-0.05, 0) is 47.8 Å². The number of hydrogen-bond acceptors (Lipinski definition) is 3. The molecule has 20 heavy (non-hydrogen) atoms. The molecule has 0 saturated heterocycles. The second kappa shape index (κ2) is 5.42. The molecule has 0 amide bonds. The van der Waals surface area contributed by atoms with Crippen molar-refractivity contribution in [3.8, 4) is 5.75 Å². The summed E-state index contributed by atoms with van der Waals surface area (Å²) >= 11 is 7.26. The molecular formula is C15H16N2OS2. The SMILES string of the molecule is CCc1ccsc1Cn1c(=S)[nH]c2c(OC)cccc21. The number of aromatic nitrogens is 2. The lowest BCUT2D eigenvalue weighted by atomic mass is 10.2. The van der Waals surface area contributed by atoms with Crippen LogP contribution in [0.2, 0.25) is 0 Å². The van der Waals surface area contributed by atoms with E-state index in [-0.39, 0.29) is 0 Å². The molecule has 104 valence electrons. The summed E-state index contributed by atoms with van der Waals surface area (Å²) in [5, 5.41) is 2.15. The number of aromatic amines is 1. The van der Waals surface area contributed by atoms with E-state index in [1.165, 1.54) is 10.4 Å². The van der Waals surface area contributed by atoms with E-state index in [1.807, 2.05) is 12.1 Å². The highest BCUT2D eigenvalue weighted by Gasteiger charge is 2.11. The Kier molecular flexibility index (Phi) is 3.63. The first kappa shape index (κ1) is 13.4. The molecule has 0 atom stereocenters. The highest BCUT2D eigenvalue weighted by atomic mass is 32.1. The smallest absolute Gasteiger partial charge is 0.178 e.